The predicted molar refractivity (Wildman–Crippen MR) is 79.5 cm³/mol. The predicted octanol–water partition coefficient (Wildman–Crippen LogP) is 2.75. The smallest absolute Gasteiger partial charge is 0.165 e. The Morgan fingerprint density at radius 2 is 2.05 bits per heavy atom. The molecule has 4 heteroatoms. The van der Waals surface area contributed by atoms with Crippen LogP contribution >= 0.6 is 0 Å². The van der Waals surface area contributed by atoms with Crippen LogP contribution in [0.3, 0.4) is 0 Å². The maximum Gasteiger partial charge on any atom is 0.165 e. The van der Waals surface area contributed by atoms with Gasteiger partial charge in [-0.3, -0.25) is 0 Å². The van der Waals surface area contributed by atoms with Crippen LogP contribution in [0.15, 0.2) is 18.2 Å². The molecule has 0 amide bonds. The van der Waals surface area contributed by atoms with E-state index in [0.717, 1.165) is 24.5 Å². The van der Waals surface area contributed by atoms with Gasteiger partial charge in [-0.25, -0.2) is 0 Å². The van der Waals surface area contributed by atoms with Crippen LogP contribution in [-0.2, 0) is 11.3 Å². The summed E-state index contributed by atoms with van der Waals surface area (Å²) in [5.41, 5.74) is 1.17. The highest BCUT2D eigenvalue weighted by Crippen LogP contribution is 2.32. The van der Waals surface area contributed by atoms with Crippen LogP contribution < -0.4 is 14.8 Å². The van der Waals surface area contributed by atoms with Crippen LogP contribution in [-0.4, -0.2) is 33.0 Å². The number of ether oxygens (including phenoxy) is 3. The van der Waals surface area contributed by atoms with Crippen molar-refractivity contribution in [1.82, 2.24) is 5.32 Å². The van der Waals surface area contributed by atoms with Crippen LogP contribution in [0.1, 0.15) is 31.7 Å². The SMILES string of the molecule is CCOc1cccc(CNC2CC2)c1OCCCOC. The van der Waals surface area contributed by atoms with Gasteiger partial charge in [-0.1, -0.05) is 12.1 Å². The van der Waals surface area contributed by atoms with Crippen molar-refractivity contribution in [1.29, 1.82) is 0 Å². The number of para-hydroxylation sites is 1. The summed E-state index contributed by atoms with van der Waals surface area (Å²) in [5.74, 6) is 1.71. The molecule has 0 spiro atoms. The van der Waals surface area contributed by atoms with E-state index in [1.807, 2.05) is 19.1 Å². The fourth-order valence-electron chi connectivity index (χ4n) is 2.05. The van der Waals surface area contributed by atoms with E-state index >= 15 is 0 Å². The molecule has 112 valence electrons. The number of hydrogen-bond donors (Lipinski definition) is 1. The molecule has 2 rings (SSSR count). The van der Waals surface area contributed by atoms with Gasteiger partial charge in [0.05, 0.1) is 13.2 Å². The third-order valence-electron chi connectivity index (χ3n) is 3.26. The summed E-state index contributed by atoms with van der Waals surface area (Å²) in [4.78, 5) is 0. The van der Waals surface area contributed by atoms with Crippen molar-refractivity contribution in [3.05, 3.63) is 23.8 Å². The first-order chi connectivity index (χ1) is 9.85. The lowest BCUT2D eigenvalue weighted by Crippen LogP contribution is -2.16. The standard InChI is InChI=1S/C16H25NO3/c1-3-19-15-7-4-6-13(12-17-14-8-9-14)16(15)20-11-5-10-18-2/h4,6-7,14,17H,3,5,8-12H2,1-2H3. The van der Waals surface area contributed by atoms with Crippen molar-refractivity contribution in [2.45, 2.75) is 38.8 Å². The van der Waals surface area contributed by atoms with Crippen LogP contribution in [0, 0.1) is 0 Å². The van der Waals surface area contributed by atoms with Gasteiger partial charge in [-0.15, -0.1) is 0 Å². The summed E-state index contributed by atoms with van der Waals surface area (Å²) in [7, 11) is 1.71. The first-order valence-corrected chi connectivity index (χ1v) is 7.45. The second-order valence-electron chi connectivity index (χ2n) is 5.03. The van der Waals surface area contributed by atoms with Crippen molar-refractivity contribution in [3.8, 4) is 11.5 Å². The minimum atomic E-state index is 0.647. The molecule has 0 heterocycles. The van der Waals surface area contributed by atoms with Crippen molar-refractivity contribution in [3.63, 3.8) is 0 Å². The third-order valence-corrected chi connectivity index (χ3v) is 3.26. The quantitative estimate of drug-likeness (QED) is 0.669. The highest BCUT2D eigenvalue weighted by atomic mass is 16.5. The van der Waals surface area contributed by atoms with Crippen LogP contribution in [0.5, 0.6) is 11.5 Å². The van der Waals surface area contributed by atoms with Gasteiger partial charge in [0, 0.05) is 38.3 Å². The lowest BCUT2D eigenvalue weighted by molar-refractivity contribution is 0.169. The summed E-state index contributed by atoms with van der Waals surface area (Å²) in [6.45, 7) is 4.84. The molecule has 0 saturated heterocycles. The fraction of sp³-hybridized carbons (Fsp3) is 0.625. The van der Waals surface area contributed by atoms with Crippen LogP contribution in [0.2, 0.25) is 0 Å². The van der Waals surface area contributed by atoms with Gasteiger partial charge in [0.2, 0.25) is 0 Å². The Balaban J connectivity index is 2.00. The minimum absolute atomic E-state index is 0.647. The van der Waals surface area contributed by atoms with E-state index in [4.69, 9.17) is 14.2 Å². The molecule has 0 unspecified atom stereocenters. The normalized spacial score (nSPS) is 14.3. The summed E-state index contributed by atoms with van der Waals surface area (Å²) >= 11 is 0. The number of methoxy groups -OCH3 is 1. The zero-order chi connectivity index (χ0) is 14.2. The van der Waals surface area contributed by atoms with Gasteiger partial charge in [0.25, 0.3) is 0 Å². The Kier molecular flexibility index (Phi) is 6.15. The molecule has 1 aliphatic carbocycles. The second-order valence-corrected chi connectivity index (χ2v) is 5.03. The lowest BCUT2D eigenvalue weighted by atomic mass is 10.2. The highest BCUT2D eigenvalue weighted by molar-refractivity contribution is 5.46. The second kappa shape index (κ2) is 8.12. The van der Waals surface area contributed by atoms with Crippen LogP contribution in [0.25, 0.3) is 0 Å². The fourth-order valence-corrected chi connectivity index (χ4v) is 2.05. The Bertz CT molecular complexity index is 405. The Morgan fingerprint density at radius 3 is 2.75 bits per heavy atom. The molecule has 1 aromatic carbocycles. The molecule has 0 aromatic heterocycles. The van der Waals surface area contributed by atoms with Gasteiger partial charge in [-0.05, 0) is 25.8 Å². The summed E-state index contributed by atoms with van der Waals surface area (Å²) < 4.78 is 16.7. The molecule has 20 heavy (non-hydrogen) atoms. The molecule has 1 fully saturated rings. The van der Waals surface area contributed by atoms with Gasteiger partial charge < -0.3 is 19.5 Å². The molecule has 1 saturated carbocycles. The van der Waals surface area contributed by atoms with E-state index < -0.39 is 0 Å². The Hall–Kier alpha value is -1.26. The lowest BCUT2D eigenvalue weighted by Gasteiger charge is -2.16. The molecule has 0 bridgehead atoms. The van der Waals surface area contributed by atoms with Gasteiger partial charge in [0.15, 0.2) is 11.5 Å². The maximum atomic E-state index is 5.93. The average Bonchev–Trinajstić information content (AvgIpc) is 3.27. The number of nitrogens with one attached hydrogen (secondary N) is 1. The van der Waals surface area contributed by atoms with Crippen LogP contribution in [0.4, 0.5) is 0 Å². The summed E-state index contributed by atoms with van der Waals surface area (Å²) in [6, 6.07) is 6.78. The molecule has 1 aliphatic rings. The topological polar surface area (TPSA) is 39.7 Å². The van der Waals surface area contributed by atoms with E-state index in [2.05, 4.69) is 11.4 Å². The van der Waals surface area contributed by atoms with Gasteiger partial charge in [0.1, 0.15) is 0 Å². The Labute approximate surface area is 121 Å². The molecule has 0 radical (unpaired) electrons. The van der Waals surface area contributed by atoms with Crippen molar-refractivity contribution in [2.75, 3.05) is 26.9 Å². The zero-order valence-electron chi connectivity index (χ0n) is 12.5. The monoisotopic (exact) mass is 279 g/mol. The molecule has 4 nitrogen and oxygen atoms in total. The molecular formula is C16H25NO3. The molecule has 0 atom stereocenters. The highest BCUT2D eigenvalue weighted by Gasteiger charge is 2.21. The van der Waals surface area contributed by atoms with Gasteiger partial charge in [-0.2, -0.15) is 0 Å². The Morgan fingerprint density at radius 1 is 1.20 bits per heavy atom. The van der Waals surface area contributed by atoms with E-state index in [0.29, 0.717) is 25.9 Å². The average molecular weight is 279 g/mol. The maximum absolute atomic E-state index is 5.93. The number of benzene rings is 1. The van der Waals surface area contributed by atoms with E-state index in [1.165, 1.54) is 18.4 Å². The largest absolute Gasteiger partial charge is 0.490 e. The summed E-state index contributed by atoms with van der Waals surface area (Å²) in [5, 5.41) is 3.52. The van der Waals surface area contributed by atoms with E-state index in [-0.39, 0.29) is 0 Å². The number of hydrogen-bond acceptors (Lipinski definition) is 4. The molecule has 1 N–H and O–H groups in total. The molecule has 1 aromatic rings. The molecule has 0 aliphatic heterocycles. The van der Waals surface area contributed by atoms with Crippen molar-refractivity contribution in [2.24, 2.45) is 0 Å². The van der Waals surface area contributed by atoms with Gasteiger partial charge >= 0.3 is 0 Å². The third kappa shape index (κ3) is 4.69. The zero-order valence-corrected chi connectivity index (χ0v) is 12.5. The summed E-state index contributed by atoms with van der Waals surface area (Å²) in [6.07, 6.45) is 3.46. The first-order valence-electron chi connectivity index (χ1n) is 7.45. The first kappa shape index (κ1) is 15.1. The van der Waals surface area contributed by atoms with E-state index in [9.17, 15) is 0 Å². The van der Waals surface area contributed by atoms with E-state index in [1.54, 1.807) is 7.11 Å². The van der Waals surface area contributed by atoms with Crippen molar-refractivity contribution >= 4 is 0 Å². The minimum Gasteiger partial charge on any atom is -0.490 e. The number of rotatable bonds is 10. The van der Waals surface area contributed by atoms with Crippen molar-refractivity contribution < 1.29 is 14.2 Å². The molecular weight excluding hydrogens is 254 g/mol.